The summed E-state index contributed by atoms with van der Waals surface area (Å²) in [6, 6.07) is 19.4. The number of hydrogen-bond acceptors (Lipinski definition) is 2. The molecule has 1 unspecified atom stereocenters. The molecule has 0 aliphatic carbocycles. The van der Waals surface area contributed by atoms with E-state index < -0.39 is 0 Å². The molecule has 1 atom stereocenters. The van der Waals surface area contributed by atoms with Crippen molar-refractivity contribution in [2.75, 3.05) is 7.05 Å². The molecule has 2 nitrogen and oxygen atoms in total. The van der Waals surface area contributed by atoms with Crippen molar-refractivity contribution >= 4 is 0 Å². The molecule has 2 rings (SSSR count). The molecule has 2 aromatic rings. The van der Waals surface area contributed by atoms with Gasteiger partial charge in [0.2, 0.25) is 0 Å². The molecule has 0 bridgehead atoms. The van der Waals surface area contributed by atoms with Crippen LogP contribution in [0.4, 0.5) is 0 Å². The Morgan fingerprint density at radius 1 is 0.947 bits per heavy atom. The fraction of sp³-hybridized carbons (Fsp3) is 0.294. The normalized spacial score (nSPS) is 12.6. The fourth-order valence-corrected chi connectivity index (χ4v) is 2.30. The third-order valence-electron chi connectivity index (χ3n) is 3.70. The van der Waals surface area contributed by atoms with Gasteiger partial charge in [-0.3, -0.25) is 4.90 Å². The molecular weight excluding hydrogens is 232 g/mol. The van der Waals surface area contributed by atoms with Gasteiger partial charge in [-0.1, -0.05) is 54.6 Å². The van der Waals surface area contributed by atoms with Gasteiger partial charge in [-0.05, 0) is 30.7 Å². The summed E-state index contributed by atoms with van der Waals surface area (Å²) in [6.45, 7) is 3.76. The smallest absolute Gasteiger partial charge is 0.0320 e. The van der Waals surface area contributed by atoms with Gasteiger partial charge in [-0.15, -0.1) is 0 Å². The number of rotatable bonds is 5. The molecule has 0 aliphatic heterocycles. The van der Waals surface area contributed by atoms with Gasteiger partial charge in [0.05, 0.1) is 0 Å². The van der Waals surface area contributed by atoms with Gasteiger partial charge in [0.1, 0.15) is 0 Å². The summed E-state index contributed by atoms with van der Waals surface area (Å²) in [7, 11) is 2.16. The molecule has 100 valence electrons. The zero-order valence-corrected chi connectivity index (χ0v) is 11.7. The van der Waals surface area contributed by atoms with Gasteiger partial charge in [-0.2, -0.15) is 0 Å². The Labute approximate surface area is 115 Å². The zero-order chi connectivity index (χ0) is 13.7. The lowest BCUT2D eigenvalue weighted by Crippen LogP contribution is -2.22. The van der Waals surface area contributed by atoms with E-state index in [0.29, 0.717) is 12.6 Å². The molecule has 0 spiro atoms. The maximum absolute atomic E-state index is 5.80. The maximum Gasteiger partial charge on any atom is 0.0320 e. The van der Waals surface area contributed by atoms with Crippen LogP contribution >= 0.6 is 0 Å². The van der Waals surface area contributed by atoms with Crippen molar-refractivity contribution in [3.63, 3.8) is 0 Å². The number of benzene rings is 2. The second kappa shape index (κ2) is 6.50. The first kappa shape index (κ1) is 13.8. The molecule has 0 saturated heterocycles. The Morgan fingerprint density at radius 3 is 2.16 bits per heavy atom. The lowest BCUT2D eigenvalue weighted by Gasteiger charge is -2.26. The average molecular weight is 254 g/mol. The lowest BCUT2D eigenvalue weighted by atomic mass is 10.0. The average Bonchev–Trinajstić information content (AvgIpc) is 2.48. The van der Waals surface area contributed by atoms with E-state index >= 15 is 0 Å². The standard InChI is InChI=1S/C17H22N2/c1-14(15-8-4-3-5-9-15)19(2)13-17-11-7-6-10-16(17)12-18/h3-11,14H,12-13,18H2,1-2H3. The van der Waals surface area contributed by atoms with Crippen LogP contribution in [0.5, 0.6) is 0 Å². The molecule has 0 aliphatic rings. The largest absolute Gasteiger partial charge is 0.326 e. The molecule has 2 aromatic carbocycles. The molecule has 0 heterocycles. The molecule has 0 aromatic heterocycles. The summed E-state index contributed by atoms with van der Waals surface area (Å²) < 4.78 is 0. The minimum absolute atomic E-state index is 0.395. The van der Waals surface area contributed by atoms with E-state index in [9.17, 15) is 0 Å². The van der Waals surface area contributed by atoms with Crippen LogP contribution in [0.3, 0.4) is 0 Å². The van der Waals surface area contributed by atoms with Crippen molar-refractivity contribution in [3.8, 4) is 0 Å². The first-order chi connectivity index (χ1) is 9.22. The van der Waals surface area contributed by atoms with Gasteiger partial charge < -0.3 is 5.73 Å². The van der Waals surface area contributed by atoms with Crippen LogP contribution in [0.1, 0.15) is 29.7 Å². The van der Waals surface area contributed by atoms with Crippen LogP contribution in [0, 0.1) is 0 Å². The number of nitrogens with zero attached hydrogens (tertiary/aromatic N) is 1. The highest BCUT2D eigenvalue weighted by molar-refractivity contribution is 5.27. The molecule has 19 heavy (non-hydrogen) atoms. The Bertz CT molecular complexity index is 508. The summed E-state index contributed by atoms with van der Waals surface area (Å²) in [5, 5.41) is 0. The minimum atomic E-state index is 0.395. The van der Waals surface area contributed by atoms with Gasteiger partial charge >= 0.3 is 0 Å². The SMILES string of the molecule is CC(c1ccccc1)N(C)Cc1ccccc1CN. The molecule has 2 N–H and O–H groups in total. The van der Waals surface area contributed by atoms with Crippen molar-refractivity contribution in [2.24, 2.45) is 5.73 Å². The van der Waals surface area contributed by atoms with Crippen molar-refractivity contribution in [1.29, 1.82) is 0 Å². The first-order valence-electron chi connectivity index (χ1n) is 6.74. The molecule has 0 saturated carbocycles. The highest BCUT2D eigenvalue weighted by Gasteiger charge is 2.12. The highest BCUT2D eigenvalue weighted by Crippen LogP contribution is 2.21. The predicted octanol–water partition coefficient (Wildman–Crippen LogP) is 3.34. The van der Waals surface area contributed by atoms with E-state index in [1.54, 1.807) is 0 Å². The quantitative estimate of drug-likeness (QED) is 0.886. The Morgan fingerprint density at radius 2 is 1.53 bits per heavy atom. The van der Waals surface area contributed by atoms with E-state index in [-0.39, 0.29) is 0 Å². The van der Waals surface area contributed by atoms with Crippen molar-refractivity contribution in [2.45, 2.75) is 26.1 Å². The summed E-state index contributed by atoms with van der Waals surface area (Å²) in [5.41, 5.74) is 9.68. The highest BCUT2D eigenvalue weighted by atomic mass is 15.1. The minimum Gasteiger partial charge on any atom is -0.326 e. The van der Waals surface area contributed by atoms with Gasteiger partial charge in [0.15, 0.2) is 0 Å². The molecule has 0 radical (unpaired) electrons. The first-order valence-corrected chi connectivity index (χ1v) is 6.74. The van der Waals surface area contributed by atoms with Crippen LogP contribution in [-0.2, 0) is 13.1 Å². The molecule has 0 fully saturated rings. The van der Waals surface area contributed by atoms with Crippen LogP contribution < -0.4 is 5.73 Å². The Balaban J connectivity index is 2.10. The Kier molecular flexibility index (Phi) is 4.72. The second-order valence-electron chi connectivity index (χ2n) is 4.97. The van der Waals surface area contributed by atoms with Gasteiger partial charge in [0.25, 0.3) is 0 Å². The second-order valence-corrected chi connectivity index (χ2v) is 4.97. The Hall–Kier alpha value is -1.64. The van der Waals surface area contributed by atoms with Gasteiger partial charge in [-0.25, -0.2) is 0 Å². The van der Waals surface area contributed by atoms with Crippen molar-refractivity contribution < 1.29 is 0 Å². The molecular formula is C17H22N2. The summed E-state index contributed by atoms with van der Waals surface area (Å²) in [4.78, 5) is 2.35. The van der Waals surface area contributed by atoms with E-state index in [4.69, 9.17) is 5.73 Å². The third-order valence-corrected chi connectivity index (χ3v) is 3.70. The lowest BCUT2D eigenvalue weighted by molar-refractivity contribution is 0.252. The van der Waals surface area contributed by atoms with E-state index in [0.717, 1.165) is 6.54 Å². The van der Waals surface area contributed by atoms with Crippen LogP contribution in [0.2, 0.25) is 0 Å². The summed E-state index contributed by atoms with van der Waals surface area (Å²) in [5.74, 6) is 0. The van der Waals surface area contributed by atoms with Crippen LogP contribution in [-0.4, -0.2) is 11.9 Å². The van der Waals surface area contributed by atoms with Crippen LogP contribution in [0.15, 0.2) is 54.6 Å². The van der Waals surface area contributed by atoms with Crippen LogP contribution in [0.25, 0.3) is 0 Å². The predicted molar refractivity (Wildman–Crippen MR) is 80.7 cm³/mol. The topological polar surface area (TPSA) is 29.3 Å². The van der Waals surface area contributed by atoms with Gasteiger partial charge in [0, 0.05) is 19.1 Å². The zero-order valence-electron chi connectivity index (χ0n) is 11.7. The number of nitrogens with two attached hydrogens (primary N) is 1. The summed E-state index contributed by atoms with van der Waals surface area (Å²) in [6.07, 6.45) is 0. The van der Waals surface area contributed by atoms with E-state index in [1.165, 1.54) is 16.7 Å². The molecule has 2 heteroatoms. The fourth-order valence-electron chi connectivity index (χ4n) is 2.30. The monoisotopic (exact) mass is 254 g/mol. The maximum atomic E-state index is 5.80. The van der Waals surface area contributed by atoms with Crippen molar-refractivity contribution in [3.05, 3.63) is 71.3 Å². The third kappa shape index (κ3) is 3.43. The van der Waals surface area contributed by atoms with E-state index in [2.05, 4.69) is 67.4 Å². The number of hydrogen-bond donors (Lipinski definition) is 1. The van der Waals surface area contributed by atoms with E-state index in [1.807, 2.05) is 6.07 Å². The van der Waals surface area contributed by atoms with Crippen molar-refractivity contribution in [1.82, 2.24) is 4.90 Å². The summed E-state index contributed by atoms with van der Waals surface area (Å²) >= 11 is 0. The molecule has 0 amide bonds.